The van der Waals surface area contributed by atoms with Crippen molar-refractivity contribution in [3.05, 3.63) is 17.2 Å². The molecule has 0 saturated heterocycles. The molecule has 0 spiro atoms. The van der Waals surface area contributed by atoms with Gasteiger partial charge < -0.3 is 25.5 Å². The highest BCUT2D eigenvalue weighted by Gasteiger charge is 2.39. The molecule has 5 N–H and O–H groups in total. The van der Waals surface area contributed by atoms with Crippen LogP contribution in [0, 0.1) is 12.8 Å². The Kier molecular flexibility index (Phi) is 3.54. The molecular weight excluding hydrogens is 240 g/mol. The van der Waals surface area contributed by atoms with E-state index in [1.165, 1.54) is 20.8 Å². The highest BCUT2D eigenvalue weighted by Crippen LogP contribution is 2.45. The van der Waals surface area contributed by atoms with E-state index in [2.05, 4.69) is 0 Å². The quantitative estimate of drug-likeness (QED) is 0.396. The van der Waals surface area contributed by atoms with Crippen LogP contribution in [0.2, 0.25) is 0 Å². The molecule has 0 amide bonds. The first kappa shape index (κ1) is 14.3. The largest absolute Gasteiger partial charge is 0.504 e. The number of phenolic OH excluding ortho intramolecular Hbond substituents is 3. The molecule has 0 saturated carbocycles. The standard InChI is InChI=1S/C12H16O6/c1-5-4-8(10(15)11(16)9(5)14)12(17,18)6(2)7(3)13/h4,6,14-18H,1-3H3. The van der Waals surface area contributed by atoms with Crippen molar-refractivity contribution in [1.82, 2.24) is 0 Å². The van der Waals surface area contributed by atoms with Gasteiger partial charge in [-0.25, -0.2) is 0 Å². The second-order valence-electron chi connectivity index (χ2n) is 4.35. The summed E-state index contributed by atoms with van der Waals surface area (Å²) < 4.78 is 0. The lowest BCUT2D eigenvalue weighted by Gasteiger charge is -2.28. The summed E-state index contributed by atoms with van der Waals surface area (Å²) in [5.41, 5.74) is -0.290. The Labute approximate surface area is 104 Å². The van der Waals surface area contributed by atoms with E-state index in [0.29, 0.717) is 0 Å². The van der Waals surface area contributed by atoms with Gasteiger partial charge in [0.2, 0.25) is 11.5 Å². The van der Waals surface area contributed by atoms with E-state index in [1.807, 2.05) is 0 Å². The van der Waals surface area contributed by atoms with Crippen LogP contribution in [0.5, 0.6) is 17.2 Å². The zero-order valence-electron chi connectivity index (χ0n) is 10.3. The van der Waals surface area contributed by atoms with E-state index in [-0.39, 0.29) is 5.56 Å². The molecule has 0 fully saturated rings. The van der Waals surface area contributed by atoms with Gasteiger partial charge in [0, 0.05) is 0 Å². The number of aromatic hydroxyl groups is 3. The number of aryl methyl sites for hydroxylation is 1. The van der Waals surface area contributed by atoms with Crippen LogP contribution in [0.25, 0.3) is 0 Å². The molecule has 0 aromatic heterocycles. The number of hydrogen-bond acceptors (Lipinski definition) is 6. The van der Waals surface area contributed by atoms with Crippen molar-refractivity contribution in [3.63, 3.8) is 0 Å². The van der Waals surface area contributed by atoms with Crippen LogP contribution < -0.4 is 0 Å². The van der Waals surface area contributed by atoms with Crippen molar-refractivity contribution < 1.29 is 30.3 Å². The third-order valence-electron chi connectivity index (χ3n) is 3.05. The van der Waals surface area contributed by atoms with Crippen LogP contribution >= 0.6 is 0 Å². The summed E-state index contributed by atoms with van der Waals surface area (Å²) in [6.45, 7) is 3.86. The van der Waals surface area contributed by atoms with Crippen LogP contribution in [0.15, 0.2) is 6.07 Å². The molecule has 1 rings (SSSR count). The smallest absolute Gasteiger partial charge is 0.203 e. The Balaban J connectivity index is 3.47. The van der Waals surface area contributed by atoms with Gasteiger partial charge in [0.15, 0.2) is 11.5 Å². The number of carbonyl (C=O) groups excluding carboxylic acids is 1. The van der Waals surface area contributed by atoms with Gasteiger partial charge in [-0.15, -0.1) is 0 Å². The van der Waals surface area contributed by atoms with Gasteiger partial charge in [-0.3, -0.25) is 4.79 Å². The lowest BCUT2D eigenvalue weighted by molar-refractivity contribution is -0.205. The number of hydrogen-bond donors (Lipinski definition) is 5. The molecule has 1 unspecified atom stereocenters. The minimum absolute atomic E-state index is 0.142. The molecule has 6 heteroatoms. The summed E-state index contributed by atoms with van der Waals surface area (Å²) >= 11 is 0. The van der Waals surface area contributed by atoms with E-state index in [1.54, 1.807) is 0 Å². The van der Waals surface area contributed by atoms with Crippen LogP contribution in [-0.4, -0.2) is 31.3 Å². The summed E-state index contributed by atoms with van der Waals surface area (Å²) in [5.74, 6) is -6.60. The summed E-state index contributed by atoms with van der Waals surface area (Å²) in [7, 11) is 0. The Hall–Kier alpha value is -1.79. The van der Waals surface area contributed by atoms with Crippen molar-refractivity contribution in [2.45, 2.75) is 26.6 Å². The Morgan fingerprint density at radius 3 is 2.11 bits per heavy atom. The number of phenols is 3. The fourth-order valence-corrected chi connectivity index (χ4v) is 1.58. The van der Waals surface area contributed by atoms with Crippen molar-refractivity contribution >= 4 is 5.78 Å². The summed E-state index contributed by atoms with van der Waals surface area (Å²) in [6, 6.07) is 1.10. The second kappa shape index (κ2) is 4.47. The number of carbonyl (C=O) groups is 1. The summed E-state index contributed by atoms with van der Waals surface area (Å²) in [6.07, 6.45) is 0. The van der Waals surface area contributed by atoms with Gasteiger partial charge in [-0.05, 0) is 32.4 Å². The molecule has 0 aliphatic heterocycles. The molecule has 6 nitrogen and oxygen atoms in total. The van der Waals surface area contributed by atoms with Crippen molar-refractivity contribution in [1.29, 1.82) is 0 Å². The molecule has 1 atom stereocenters. The van der Waals surface area contributed by atoms with Crippen LogP contribution in [0.3, 0.4) is 0 Å². The zero-order valence-corrected chi connectivity index (χ0v) is 10.3. The fraction of sp³-hybridized carbons (Fsp3) is 0.417. The molecule has 100 valence electrons. The average Bonchev–Trinajstić information content (AvgIpc) is 2.29. The maximum atomic E-state index is 11.2. The third kappa shape index (κ3) is 2.12. The van der Waals surface area contributed by atoms with Gasteiger partial charge in [0.25, 0.3) is 0 Å². The molecular formula is C12H16O6. The van der Waals surface area contributed by atoms with E-state index in [9.17, 15) is 30.3 Å². The maximum absolute atomic E-state index is 11.2. The molecule has 1 aromatic carbocycles. The number of benzene rings is 1. The molecule has 1 aromatic rings. The van der Waals surface area contributed by atoms with Gasteiger partial charge in [-0.2, -0.15) is 0 Å². The molecule has 0 radical (unpaired) electrons. The van der Waals surface area contributed by atoms with Gasteiger partial charge in [-0.1, -0.05) is 0 Å². The van der Waals surface area contributed by atoms with Crippen LogP contribution in [0.1, 0.15) is 25.0 Å². The lowest BCUT2D eigenvalue weighted by atomic mass is 9.88. The molecule has 0 aliphatic rings. The zero-order chi connectivity index (χ0) is 14.2. The highest BCUT2D eigenvalue weighted by molar-refractivity contribution is 5.79. The number of ketones is 1. The predicted molar refractivity (Wildman–Crippen MR) is 62.1 cm³/mol. The van der Waals surface area contributed by atoms with Crippen molar-refractivity contribution in [2.24, 2.45) is 5.92 Å². The minimum atomic E-state index is -2.63. The summed E-state index contributed by atoms with van der Waals surface area (Å²) in [5, 5.41) is 48.3. The lowest BCUT2D eigenvalue weighted by Crippen LogP contribution is -2.37. The predicted octanol–water partition coefficient (Wildman–Crippen LogP) is 0.474. The van der Waals surface area contributed by atoms with E-state index in [0.717, 1.165) is 6.07 Å². The SMILES string of the molecule is CC(=O)C(C)C(O)(O)c1cc(C)c(O)c(O)c1O. The normalized spacial score (nSPS) is 13.4. The van der Waals surface area contributed by atoms with E-state index < -0.39 is 40.3 Å². The fourth-order valence-electron chi connectivity index (χ4n) is 1.58. The number of aliphatic hydroxyl groups is 2. The Bertz CT molecular complexity index is 492. The Morgan fingerprint density at radius 2 is 1.67 bits per heavy atom. The topological polar surface area (TPSA) is 118 Å². The molecule has 0 heterocycles. The highest BCUT2D eigenvalue weighted by atomic mass is 16.5. The first-order valence-corrected chi connectivity index (χ1v) is 5.30. The third-order valence-corrected chi connectivity index (χ3v) is 3.05. The van der Waals surface area contributed by atoms with Gasteiger partial charge in [0.05, 0.1) is 11.5 Å². The molecule has 0 aliphatic carbocycles. The maximum Gasteiger partial charge on any atom is 0.203 e. The Morgan fingerprint density at radius 1 is 1.17 bits per heavy atom. The minimum Gasteiger partial charge on any atom is -0.504 e. The van der Waals surface area contributed by atoms with Crippen LogP contribution in [0.4, 0.5) is 0 Å². The average molecular weight is 256 g/mol. The second-order valence-corrected chi connectivity index (χ2v) is 4.35. The van der Waals surface area contributed by atoms with Crippen molar-refractivity contribution in [2.75, 3.05) is 0 Å². The number of Topliss-reactive ketones (excluding diaryl/α,β-unsaturated/α-hetero) is 1. The molecule has 0 bridgehead atoms. The van der Waals surface area contributed by atoms with Gasteiger partial charge >= 0.3 is 0 Å². The summed E-state index contributed by atoms with van der Waals surface area (Å²) in [4.78, 5) is 11.2. The van der Waals surface area contributed by atoms with E-state index >= 15 is 0 Å². The first-order valence-electron chi connectivity index (χ1n) is 5.30. The van der Waals surface area contributed by atoms with Crippen molar-refractivity contribution in [3.8, 4) is 17.2 Å². The van der Waals surface area contributed by atoms with Crippen LogP contribution in [-0.2, 0) is 10.6 Å². The first-order chi connectivity index (χ1) is 8.10. The van der Waals surface area contributed by atoms with E-state index in [4.69, 9.17) is 0 Å². The number of rotatable bonds is 3. The van der Waals surface area contributed by atoms with Gasteiger partial charge in [0.1, 0.15) is 5.78 Å². The molecule has 18 heavy (non-hydrogen) atoms. The monoisotopic (exact) mass is 256 g/mol.